The normalized spacial score (nSPS) is 13.6. The minimum Gasteiger partial charge on any atom is -0.317 e. The largest absolute Gasteiger partial charge is 0.317 e. The summed E-state index contributed by atoms with van der Waals surface area (Å²) in [5.74, 6) is 0.839. The highest BCUT2D eigenvalue weighted by Gasteiger charge is 2.13. The Hall–Kier alpha value is -3.05. The summed E-state index contributed by atoms with van der Waals surface area (Å²) in [7, 11) is 0. The molecule has 5 heteroatoms. The molecule has 3 aromatic heterocycles. The zero-order valence-corrected chi connectivity index (χ0v) is 19.9. The number of aryl methyl sites for hydroxylation is 1. The highest BCUT2D eigenvalue weighted by Crippen LogP contribution is 2.17. The van der Waals surface area contributed by atoms with Crippen LogP contribution in [0, 0.1) is 12.8 Å². The summed E-state index contributed by atoms with van der Waals surface area (Å²) in [6.45, 7) is 14.3. The fourth-order valence-corrected chi connectivity index (χ4v) is 3.43. The van der Waals surface area contributed by atoms with Gasteiger partial charge in [0.25, 0.3) is 0 Å². The second kappa shape index (κ2) is 14.1. The quantitative estimate of drug-likeness (QED) is 0.522. The van der Waals surface area contributed by atoms with Gasteiger partial charge in [-0.2, -0.15) is 5.10 Å². The van der Waals surface area contributed by atoms with E-state index in [4.69, 9.17) is 0 Å². The molecule has 4 rings (SSSR count). The molecule has 1 aliphatic rings. The molecule has 0 aliphatic carbocycles. The molecule has 0 radical (unpaired) electrons. The first-order valence-electron chi connectivity index (χ1n) is 11.5. The number of aromatic amines is 1. The average molecular weight is 432 g/mol. The predicted molar refractivity (Wildman–Crippen MR) is 136 cm³/mol. The lowest BCUT2D eigenvalue weighted by Crippen LogP contribution is -2.28. The maximum absolute atomic E-state index is 4.45. The number of piperidine rings is 1. The topological polar surface area (TPSA) is 66.5 Å². The number of hydrogen-bond donors (Lipinski definition) is 2. The molecule has 1 saturated heterocycles. The second-order valence-corrected chi connectivity index (χ2v) is 7.82. The van der Waals surface area contributed by atoms with Crippen molar-refractivity contribution in [1.82, 2.24) is 25.5 Å². The van der Waals surface area contributed by atoms with Crippen LogP contribution >= 0.6 is 0 Å². The summed E-state index contributed by atoms with van der Waals surface area (Å²) < 4.78 is 0. The third-order valence-electron chi connectivity index (χ3n) is 5.16. The van der Waals surface area contributed by atoms with Crippen LogP contribution in [0.25, 0.3) is 17.7 Å². The number of hydrogen-bond acceptors (Lipinski definition) is 4. The molecule has 4 heterocycles. The molecular weight excluding hydrogens is 394 g/mol. The smallest absolute Gasteiger partial charge is 0.0673 e. The third kappa shape index (κ3) is 8.60. The summed E-state index contributed by atoms with van der Waals surface area (Å²) in [5, 5.41) is 10.3. The monoisotopic (exact) mass is 431 g/mol. The van der Waals surface area contributed by atoms with E-state index >= 15 is 0 Å². The maximum Gasteiger partial charge on any atom is 0.0673 e. The highest BCUT2D eigenvalue weighted by molar-refractivity contribution is 5.76. The molecule has 3 aromatic rings. The number of aromatic nitrogens is 4. The van der Waals surface area contributed by atoms with Crippen molar-refractivity contribution in [3.8, 4) is 0 Å². The van der Waals surface area contributed by atoms with Gasteiger partial charge in [-0.05, 0) is 81.0 Å². The molecule has 2 N–H and O–H groups in total. The Kier molecular flexibility index (Phi) is 11.1. The van der Waals surface area contributed by atoms with Crippen LogP contribution in [-0.2, 0) is 6.42 Å². The molecule has 0 saturated carbocycles. The molecule has 0 amide bonds. The zero-order valence-electron chi connectivity index (χ0n) is 19.9. The van der Waals surface area contributed by atoms with Gasteiger partial charge in [0, 0.05) is 29.8 Å². The van der Waals surface area contributed by atoms with Crippen molar-refractivity contribution in [2.45, 2.75) is 47.0 Å². The molecule has 0 bridgehead atoms. The summed E-state index contributed by atoms with van der Waals surface area (Å²) in [6, 6.07) is 8.24. The van der Waals surface area contributed by atoms with Crippen LogP contribution in [-0.4, -0.2) is 33.3 Å². The van der Waals surface area contributed by atoms with Gasteiger partial charge in [-0.1, -0.05) is 44.7 Å². The first kappa shape index (κ1) is 25.2. The summed E-state index contributed by atoms with van der Waals surface area (Å²) in [6.07, 6.45) is 15.1. The van der Waals surface area contributed by atoms with Crippen LogP contribution in [0.1, 0.15) is 61.7 Å². The van der Waals surface area contributed by atoms with Crippen molar-refractivity contribution in [2.75, 3.05) is 13.1 Å². The Morgan fingerprint density at radius 1 is 1.09 bits per heavy atom. The standard InChI is InChI=1S/C13H13N3.C12H18N2.C2H6/c1-10(2)13-12(9-15-16-13)6-5-11-4-3-7-14-8-11;1-10-2-3-12(14-9-10)8-11-4-6-13-7-5-11;1-2/h3-9H,1H2,2H3,(H,15,16);2-3,9,11,13H,4-8H2,1H3;1-2H3/b6-5+;;. The molecule has 1 fully saturated rings. The van der Waals surface area contributed by atoms with E-state index in [0.717, 1.165) is 34.7 Å². The maximum atomic E-state index is 4.45. The Balaban J connectivity index is 0.000000212. The molecule has 1 aliphatic heterocycles. The lowest BCUT2D eigenvalue weighted by molar-refractivity contribution is 0.370. The first-order valence-corrected chi connectivity index (χ1v) is 11.5. The number of H-pyrrole nitrogens is 1. The van der Waals surface area contributed by atoms with Gasteiger partial charge in [-0.15, -0.1) is 0 Å². The number of nitrogens with zero attached hydrogens (tertiary/aromatic N) is 3. The number of nitrogens with one attached hydrogen (secondary N) is 2. The lowest BCUT2D eigenvalue weighted by Gasteiger charge is -2.22. The van der Waals surface area contributed by atoms with Gasteiger partial charge < -0.3 is 5.32 Å². The van der Waals surface area contributed by atoms with Gasteiger partial charge >= 0.3 is 0 Å². The Bertz CT molecular complexity index is 936. The fraction of sp³-hybridized carbons (Fsp3) is 0.370. The Labute approximate surface area is 193 Å². The zero-order chi connectivity index (χ0) is 23.2. The van der Waals surface area contributed by atoms with Gasteiger partial charge in [0.2, 0.25) is 0 Å². The van der Waals surface area contributed by atoms with E-state index in [2.05, 4.69) is 51.1 Å². The minimum atomic E-state index is 0.839. The summed E-state index contributed by atoms with van der Waals surface area (Å²) in [5.41, 5.74) is 6.55. The highest BCUT2D eigenvalue weighted by atomic mass is 15.1. The number of pyridine rings is 2. The van der Waals surface area contributed by atoms with E-state index in [9.17, 15) is 0 Å². The summed E-state index contributed by atoms with van der Waals surface area (Å²) in [4.78, 5) is 8.50. The van der Waals surface area contributed by atoms with E-state index in [-0.39, 0.29) is 0 Å². The predicted octanol–water partition coefficient (Wildman–Crippen LogP) is 5.97. The summed E-state index contributed by atoms with van der Waals surface area (Å²) >= 11 is 0. The molecule has 0 atom stereocenters. The van der Waals surface area contributed by atoms with Crippen LogP contribution in [0.3, 0.4) is 0 Å². The fourth-order valence-electron chi connectivity index (χ4n) is 3.43. The molecular formula is C27H37N5. The average Bonchev–Trinajstić information content (AvgIpc) is 3.32. The molecule has 32 heavy (non-hydrogen) atoms. The molecule has 0 spiro atoms. The van der Waals surface area contributed by atoms with E-state index in [1.54, 1.807) is 12.4 Å². The van der Waals surface area contributed by atoms with E-state index in [0.29, 0.717) is 0 Å². The van der Waals surface area contributed by atoms with Crippen molar-refractivity contribution >= 4 is 17.7 Å². The molecule has 5 nitrogen and oxygen atoms in total. The third-order valence-corrected chi connectivity index (χ3v) is 5.16. The van der Waals surface area contributed by atoms with Gasteiger partial charge in [-0.3, -0.25) is 15.1 Å². The van der Waals surface area contributed by atoms with Crippen LogP contribution in [0.2, 0.25) is 0 Å². The van der Waals surface area contributed by atoms with Crippen molar-refractivity contribution in [2.24, 2.45) is 5.92 Å². The first-order chi connectivity index (χ1) is 15.6. The van der Waals surface area contributed by atoms with Crippen molar-refractivity contribution in [3.05, 3.63) is 83.7 Å². The van der Waals surface area contributed by atoms with Crippen molar-refractivity contribution < 1.29 is 0 Å². The Morgan fingerprint density at radius 3 is 2.50 bits per heavy atom. The molecule has 170 valence electrons. The van der Waals surface area contributed by atoms with E-state index in [1.165, 1.54) is 37.2 Å². The second-order valence-electron chi connectivity index (χ2n) is 7.82. The van der Waals surface area contributed by atoms with Crippen LogP contribution in [0.4, 0.5) is 0 Å². The minimum absolute atomic E-state index is 0.839. The molecule has 0 aromatic carbocycles. The van der Waals surface area contributed by atoms with Crippen LogP contribution in [0.15, 0.2) is 55.6 Å². The van der Waals surface area contributed by atoms with E-state index < -0.39 is 0 Å². The Morgan fingerprint density at radius 2 is 1.88 bits per heavy atom. The van der Waals surface area contributed by atoms with E-state index in [1.807, 2.05) is 57.4 Å². The SMILES string of the molecule is C=C(C)c1[nH]ncc1/C=C/c1cccnc1.CC.Cc1ccc(CC2CCNCC2)nc1. The van der Waals surface area contributed by atoms with Gasteiger partial charge in [0.05, 0.1) is 11.9 Å². The van der Waals surface area contributed by atoms with Gasteiger partial charge in [0.1, 0.15) is 0 Å². The van der Waals surface area contributed by atoms with Crippen molar-refractivity contribution in [3.63, 3.8) is 0 Å². The van der Waals surface area contributed by atoms with Crippen LogP contribution < -0.4 is 5.32 Å². The van der Waals surface area contributed by atoms with Gasteiger partial charge in [0.15, 0.2) is 0 Å². The number of rotatable bonds is 5. The molecule has 0 unspecified atom stereocenters. The van der Waals surface area contributed by atoms with Gasteiger partial charge in [-0.25, -0.2) is 0 Å². The van der Waals surface area contributed by atoms with Crippen molar-refractivity contribution in [1.29, 1.82) is 0 Å². The van der Waals surface area contributed by atoms with Crippen LogP contribution in [0.5, 0.6) is 0 Å². The number of allylic oxidation sites excluding steroid dienone is 1. The lowest BCUT2D eigenvalue weighted by atomic mass is 9.93.